The van der Waals surface area contributed by atoms with Crippen LogP contribution in [0.15, 0.2) is 0 Å². The third-order valence-corrected chi connectivity index (χ3v) is 4.93. The molecule has 0 radical (unpaired) electrons. The first-order valence-electron chi connectivity index (χ1n) is 7.25. The molecule has 3 heteroatoms. The summed E-state index contributed by atoms with van der Waals surface area (Å²) < 4.78 is 0. The Hall–Kier alpha value is -0.570. The topological polar surface area (TPSA) is 55.1 Å². The van der Waals surface area contributed by atoms with Crippen LogP contribution in [0.5, 0.6) is 0 Å². The van der Waals surface area contributed by atoms with Crippen molar-refractivity contribution in [1.29, 1.82) is 0 Å². The molecule has 2 atom stereocenters. The first kappa shape index (κ1) is 15.5. The molecule has 1 amide bonds. The smallest absolute Gasteiger partial charge is 0.224 e. The van der Waals surface area contributed by atoms with E-state index in [1.54, 1.807) is 0 Å². The van der Waals surface area contributed by atoms with Crippen LogP contribution in [-0.4, -0.2) is 18.0 Å². The summed E-state index contributed by atoms with van der Waals surface area (Å²) in [5.41, 5.74) is 5.67. The van der Waals surface area contributed by atoms with Crippen LogP contribution in [0.2, 0.25) is 0 Å². The van der Waals surface area contributed by atoms with Crippen LogP contribution in [0, 0.1) is 17.3 Å². The largest absolute Gasteiger partial charge is 0.349 e. The van der Waals surface area contributed by atoms with Gasteiger partial charge in [-0.1, -0.05) is 40.5 Å². The summed E-state index contributed by atoms with van der Waals surface area (Å²) in [6.07, 6.45) is 4.57. The lowest BCUT2D eigenvalue weighted by Crippen LogP contribution is -2.57. The van der Waals surface area contributed by atoms with Gasteiger partial charge in [-0.3, -0.25) is 4.79 Å². The summed E-state index contributed by atoms with van der Waals surface area (Å²) >= 11 is 0. The van der Waals surface area contributed by atoms with Crippen LogP contribution in [0.25, 0.3) is 0 Å². The van der Waals surface area contributed by atoms with Crippen molar-refractivity contribution in [3.05, 3.63) is 0 Å². The van der Waals surface area contributed by atoms with Gasteiger partial charge in [-0.2, -0.15) is 0 Å². The van der Waals surface area contributed by atoms with Crippen LogP contribution in [0.3, 0.4) is 0 Å². The number of carbonyl (C=O) groups excluding carboxylic acids is 1. The van der Waals surface area contributed by atoms with Crippen molar-refractivity contribution in [1.82, 2.24) is 5.32 Å². The summed E-state index contributed by atoms with van der Waals surface area (Å²) in [6.45, 7) is 11.2. The van der Waals surface area contributed by atoms with Gasteiger partial charge in [-0.25, -0.2) is 0 Å². The van der Waals surface area contributed by atoms with Gasteiger partial charge in [0, 0.05) is 12.5 Å². The number of hydrogen-bond donors (Lipinski definition) is 2. The molecule has 0 heterocycles. The van der Waals surface area contributed by atoms with E-state index in [1.807, 2.05) is 6.92 Å². The minimum absolute atomic E-state index is 0.120. The molecule has 2 unspecified atom stereocenters. The normalized spacial score (nSPS) is 26.7. The maximum atomic E-state index is 12.5. The second-order valence-corrected chi connectivity index (χ2v) is 7.05. The van der Waals surface area contributed by atoms with Gasteiger partial charge in [0.05, 0.1) is 5.54 Å². The lowest BCUT2D eigenvalue weighted by atomic mass is 9.68. The number of nitrogens with one attached hydrogen (secondary N) is 1. The fourth-order valence-corrected chi connectivity index (χ4v) is 2.78. The Kier molecular flexibility index (Phi) is 4.82. The number of nitrogens with two attached hydrogens (primary N) is 1. The third-order valence-electron chi connectivity index (χ3n) is 4.93. The Bertz CT molecular complexity index is 299. The molecule has 0 aromatic carbocycles. The second-order valence-electron chi connectivity index (χ2n) is 7.05. The summed E-state index contributed by atoms with van der Waals surface area (Å²) in [5.74, 6) is 0.676. The van der Waals surface area contributed by atoms with E-state index < -0.39 is 0 Å². The molecule has 1 rings (SSSR count). The van der Waals surface area contributed by atoms with E-state index in [0.717, 1.165) is 12.8 Å². The minimum Gasteiger partial charge on any atom is -0.349 e. The Labute approximate surface area is 112 Å². The quantitative estimate of drug-likeness (QED) is 0.810. The molecule has 0 spiro atoms. The van der Waals surface area contributed by atoms with Crippen LogP contribution in [-0.2, 0) is 4.79 Å². The predicted molar refractivity (Wildman–Crippen MR) is 76.2 cm³/mol. The van der Waals surface area contributed by atoms with Crippen LogP contribution in [0.4, 0.5) is 0 Å². The Morgan fingerprint density at radius 3 is 2.50 bits per heavy atom. The van der Waals surface area contributed by atoms with Gasteiger partial charge in [0.1, 0.15) is 0 Å². The molecule has 3 nitrogen and oxygen atoms in total. The highest BCUT2D eigenvalue weighted by atomic mass is 16.2. The molecule has 106 valence electrons. The first-order valence-corrected chi connectivity index (χ1v) is 7.25. The van der Waals surface area contributed by atoms with Crippen molar-refractivity contribution in [2.75, 3.05) is 6.54 Å². The number of hydrogen-bond acceptors (Lipinski definition) is 2. The van der Waals surface area contributed by atoms with Gasteiger partial charge in [0.25, 0.3) is 0 Å². The Morgan fingerprint density at radius 1 is 1.44 bits per heavy atom. The van der Waals surface area contributed by atoms with E-state index in [1.165, 1.54) is 12.8 Å². The molecule has 1 fully saturated rings. The van der Waals surface area contributed by atoms with Crippen LogP contribution >= 0.6 is 0 Å². The molecule has 1 aliphatic carbocycles. The van der Waals surface area contributed by atoms with Gasteiger partial charge in [0.2, 0.25) is 5.91 Å². The number of carbonyl (C=O) groups is 1. The van der Waals surface area contributed by atoms with E-state index in [4.69, 9.17) is 5.73 Å². The van der Waals surface area contributed by atoms with Crippen LogP contribution < -0.4 is 11.1 Å². The van der Waals surface area contributed by atoms with E-state index in [2.05, 4.69) is 33.0 Å². The van der Waals surface area contributed by atoms with Gasteiger partial charge in [-0.05, 0) is 31.1 Å². The Morgan fingerprint density at radius 2 is 2.06 bits per heavy atom. The highest BCUT2D eigenvalue weighted by Gasteiger charge is 2.39. The molecule has 1 aliphatic rings. The van der Waals surface area contributed by atoms with Crippen molar-refractivity contribution >= 4 is 5.91 Å². The van der Waals surface area contributed by atoms with Gasteiger partial charge in [0.15, 0.2) is 0 Å². The lowest BCUT2D eigenvalue weighted by Gasteiger charge is -2.41. The summed E-state index contributed by atoms with van der Waals surface area (Å²) in [6, 6.07) is 0. The van der Waals surface area contributed by atoms with E-state index >= 15 is 0 Å². The van der Waals surface area contributed by atoms with Crippen molar-refractivity contribution in [2.45, 2.75) is 65.8 Å². The fraction of sp³-hybridized carbons (Fsp3) is 0.933. The third kappa shape index (κ3) is 3.25. The molecule has 1 saturated carbocycles. The standard InChI is InChI=1S/C15H30N2O/c1-11(2)15(5,10-16)17-13(18)12-8-6-7-9-14(12,3)4/h11-12H,6-10,16H2,1-5H3,(H,17,18). The maximum absolute atomic E-state index is 12.5. The molecule has 0 saturated heterocycles. The number of amides is 1. The lowest BCUT2D eigenvalue weighted by molar-refractivity contribution is -0.132. The zero-order valence-electron chi connectivity index (χ0n) is 12.7. The first-order chi connectivity index (χ1) is 8.23. The maximum Gasteiger partial charge on any atom is 0.224 e. The summed E-state index contributed by atoms with van der Waals surface area (Å²) in [5, 5.41) is 3.20. The molecule has 0 aromatic rings. The summed E-state index contributed by atoms with van der Waals surface area (Å²) in [4.78, 5) is 12.5. The average molecular weight is 254 g/mol. The van der Waals surface area contributed by atoms with Crippen molar-refractivity contribution < 1.29 is 4.79 Å². The molecule has 18 heavy (non-hydrogen) atoms. The molecule has 3 N–H and O–H groups in total. The van der Waals surface area contributed by atoms with E-state index in [-0.39, 0.29) is 22.8 Å². The monoisotopic (exact) mass is 254 g/mol. The Balaban J connectivity index is 2.75. The molecular formula is C15H30N2O. The van der Waals surface area contributed by atoms with Gasteiger partial charge < -0.3 is 11.1 Å². The van der Waals surface area contributed by atoms with Gasteiger partial charge in [-0.15, -0.1) is 0 Å². The zero-order chi connectivity index (χ0) is 14.0. The minimum atomic E-state index is -0.287. The number of rotatable bonds is 4. The SMILES string of the molecule is CC(C)C(C)(CN)NC(=O)C1CCCCC1(C)C. The summed E-state index contributed by atoms with van der Waals surface area (Å²) in [7, 11) is 0. The van der Waals surface area contributed by atoms with E-state index in [0.29, 0.717) is 12.5 Å². The highest BCUT2D eigenvalue weighted by molar-refractivity contribution is 5.80. The van der Waals surface area contributed by atoms with Crippen LogP contribution in [0.1, 0.15) is 60.3 Å². The van der Waals surface area contributed by atoms with E-state index in [9.17, 15) is 4.79 Å². The molecule has 0 bridgehead atoms. The fourth-order valence-electron chi connectivity index (χ4n) is 2.78. The zero-order valence-corrected chi connectivity index (χ0v) is 12.7. The molecular weight excluding hydrogens is 224 g/mol. The van der Waals surface area contributed by atoms with Crippen molar-refractivity contribution in [3.8, 4) is 0 Å². The highest BCUT2D eigenvalue weighted by Crippen LogP contribution is 2.40. The van der Waals surface area contributed by atoms with Crippen molar-refractivity contribution in [3.63, 3.8) is 0 Å². The second kappa shape index (κ2) is 5.60. The van der Waals surface area contributed by atoms with Gasteiger partial charge >= 0.3 is 0 Å². The molecule has 0 aromatic heterocycles. The average Bonchev–Trinajstić information content (AvgIpc) is 2.27. The molecule has 0 aliphatic heterocycles. The van der Waals surface area contributed by atoms with Crippen molar-refractivity contribution in [2.24, 2.45) is 23.0 Å². The predicted octanol–water partition coefficient (Wildman–Crippen LogP) is 2.69.